The summed E-state index contributed by atoms with van der Waals surface area (Å²) in [7, 11) is 0. The van der Waals surface area contributed by atoms with E-state index in [9.17, 15) is 9.90 Å². The van der Waals surface area contributed by atoms with Crippen LogP contribution in [0.15, 0.2) is 65.8 Å². The van der Waals surface area contributed by atoms with Crippen molar-refractivity contribution in [1.29, 1.82) is 0 Å². The lowest BCUT2D eigenvalue weighted by atomic mass is 10.0. The van der Waals surface area contributed by atoms with E-state index < -0.39 is 6.04 Å². The minimum Gasteiger partial charge on any atom is -0.391 e. The first-order valence-electron chi connectivity index (χ1n) is 10.8. The maximum atomic E-state index is 13.1. The van der Waals surface area contributed by atoms with E-state index in [1.165, 1.54) is 0 Å². The smallest absolute Gasteiger partial charge is 0.249 e. The lowest BCUT2D eigenvalue weighted by molar-refractivity contribution is -0.117. The quantitative estimate of drug-likeness (QED) is 0.581. The number of nitrogens with one attached hydrogen (secondary N) is 1. The van der Waals surface area contributed by atoms with Crippen LogP contribution in [0.1, 0.15) is 23.1 Å². The molecule has 1 aromatic heterocycles. The molecule has 8 heteroatoms. The Balaban J connectivity index is 1.54. The number of aromatic nitrogens is 1. The Hall–Kier alpha value is -2.93. The third kappa shape index (κ3) is 4.60. The Morgan fingerprint density at radius 3 is 2.70 bits per heavy atom. The van der Waals surface area contributed by atoms with Gasteiger partial charge in [-0.25, -0.2) is 4.98 Å². The van der Waals surface area contributed by atoms with Gasteiger partial charge in [-0.15, -0.1) is 0 Å². The van der Waals surface area contributed by atoms with Gasteiger partial charge in [-0.2, -0.15) is 0 Å². The van der Waals surface area contributed by atoms with Crippen LogP contribution in [0.3, 0.4) is 0 Å². The van der Waals surface area contributed by atoms with E-state index >= 15 is 0 Å². The van der Waals surface area contributed by atoms with Crippen LogP contribution in [-0.4, -0.2) is 46.9 Å². The molecule has 0 aliphatic carbocycles. The number of benzodiazepines with no additional fused rings is 1. The maximum absolute atomic E-state index is 13.1. The highest BCUT2D eigenvalue weighted by Gasteiger charge is 2.27. The number of pyridine rings is 1. The van der Waals surface area contributed by atoms with Gasteiger partial charge in [0.25, 0.3) is 0 Å². The van der Waals surface area contributed by atoms with Crippen molar-refractivity contribution in [2.24, 2.45) is 4.99 Å². The lowest BCUT2D eigenvalue weighted by Crippen LogP contribution is -2.27. The molecule has 3 heterocycles. The average molecular weight is 481 g/mol. The monoisotopic (exact) mass is 480 g/mol. The van der Waals surface area contributed by atoms with Crippen molar-refractivity contribution in [1.82, 2.24) is 4.98 Å². The van der Waals surface area contributed by atoms with Crippen LogP contribution in [-0.2, 0) is 11.2 Å². The highest BCUT2D eigenvalue weighted by molar-refractivity contribution is 6.32. The summed E-state index contributed by atoms with van der Waals surface area (Å²) in [4.78, 5) is 24.6. The second-order valence-corrected chi connectivity index (χ2v) is 9.11. The zero-order valence-electron chi connectivity index (χ0n) is 17.7. The second-order valence-electron chi connectivity index (χ2n) is 8.26. The Morgan fingerprint density at radius 1 is 1.12 bits per heavy atom. The number of halogens is 2. The molecule has 1 saturated heterocycles. The summed E-state index contributed by atoms with van der Waals surface area (Å²) in [6, 6.07) is 16.0. The van der Waals surface area contributed by atoms with Crippen molar-refractivity contribution >= 4 is 46.3 Å². The van der Waals surface area contributed by atoms with Crippen molar-refractivity contribution < 1.29 is 9.90 Å². The van der Waals surface area contributed by atoms with Crippen molar-refractivity contribution in [2.45, 2.75) is 25.0 Å². The summed E-state index contributed by atoms with van der Waals surface area (Å²) in [5.74, 6) is 0.599. The van der Waals surface area contributed by atoms with Crippen LogP contribution in [0.25, 0.3) is 0 Å². The number of benzene rings is 2. The number of aliphatic hydroxyl groups is 1. The van der Waals surface area contributed by atoms with E-state index in [1.807, 2.05) is 36.4 Å². The van der Waals surface area contributed by atoms with Gasteiger partial charge < -0.3 is 15.3 Å². The number of hydrogen-bond acceptors (Lipinski definition) is 5. The molecule has 0 radical (unpaired) electrons. The molecule has 33 heavy (non-hydrogen) atoms. The van der Waals surface area contributed by atoms with Gasteiger partial charge in [-0.05, 0) is 48.4 Å². The van der Waals surface area contributed by atoms with Crippen molar-refractivity contribution in [3.63, 3.8) is 0 Å². The number of nitrogens with zero attached hydrogens (tertiary/aromatic N) is 3. The number of amides is 1. The Bertz CT molecular complexity index is 1230. The summed E-state index contributed by atoms with van der Waals surface area (Å²) >= 11 is 12.7. The molecule has 2 aliphatic rings. The molecule has 168 valence electrons. The molecule has 5 rings (SSSR count). The molecule has 2 atom stereocenters. The number of fused-ring (bicyclic) bond motifs is 1. The third-order valence-corrected chi connectivity index (χ3v) is 6.57. The van der Waals surface area contributed by atoms with Crippen molar-refractivity contribution in [3.05, 3.63) is 87.5 Å². The molecule has 1 unspecified atom stereocenters. The third-order valence-electron chi connectivity index (χ3n) is 5.96. The van der Waals surface area contributed by atoms with E-state index in [0.717, 1.165) is 35.5 Å². The van der Waals surface area contributed by atoms with Gasteiger partial charge in [0.05, 0.1) is 17.5 Å². The van der Waals surface area contributed by atoms with Gasteiger partial charge in [-0.3, -0.25) is 9.79 Å². The average Bonchev–Trinajstić information content (AvgIpc) is 3.20. The van der Waals surface area contributed by atoms with Crippen molar-refractivity contribution in [2.75, 3.05) is 23.3 Å². The molecule has 2 aliphatic heterocycles. The molecular formula is C25H22Cl2N4O2. The number of aliphatic hydroxyl groups excluding tert-OH is 1. The van der Waals surface area contributed by atoms with Gasteiger partial charge in [0.1, 0.15) is 11.9 Å². The Labute approximate surface area is 201 Å². The number of aliphatic imine (C=N–C) groups is 1. The van der Waals surface area contributed by atoms with Crippen LogP contribution in [0.2, 0.25) is 10.0 Å². The highest BCUT2D eigenvalue weighted by atomic mass is 35.5. The normalized spacial score (nSPS) is 20.2. The first-order valence-corrected chi connectivity index (χ1v) is 11.5. The molecule has 1 amide bonds. The number of anilines is 2. The molecule has 0 saturated carbocycles. The zero-order chi connectivity index (χ0) is 22.9. The molecule has 0 spiro atoms. The number of rotatable bonds is 4. The fourth-order valence-corrected chi connectivity index (χ4v) is 4.61. The number of carbonyl (C=O) groups excluding carboxylic acids is 1. The Kier molecular flexibility index (Phi) is 6.06. The predicted molar refractivity (Wildman–Crippen MR) is 132 cm³/mol. The van der Waals surface area contributed by atoms with Crippen LogP contribution in [0.5, 0.6) is 0 Å². The molecular weight excluding hydrogens is 459 g/mol. The number of β-amino-alcohol motifs (C(OH)–C–C–N with tert-alkyl or cyclic N) is 1. The lowest BCUT2D eigenvalue weighted by Gasteiger charge is -2.17. The molecule has 0 bridgehead atoms. The van der Waals surface area contributed by atoms with E-state index in [-0.39, 0.29) is 12.0 Å². The fraction of sp³-hybridized carbons (Fsp3) is 0.240. The first-order chi connectivity index (χ1) is 16.0. The van der Waals surface area contributed by atoms with Gasteiger partial charge in [0, 0.05) is 46.9 Å². The summed E-state index contributed by atoms with van der Waals surface area (Å²) in [6.07, 6.45) is 2.54. The topological polar surface area (TPSA) is 77.8 Å². The SMILES string of the molecule is O=C1Nc2ccc(Cl)cc2C(c2ccc(N3CC[C@@H](O)C3)nc2)=NC1Cc1ccccc1Cl. The van der Waals surface area contributed by atoms with Gasteiger partial charge >= 0.3 is 0 Å². The van der Waals surface area contributed by atoms with E-state index in [4.69, 9.17) is 28.2 Å². The predicted octanol–water partition coefficient (Wildman–Crippen LogP) is 4.36. The van der Waals surface area contributed by atoms with Gasteiger partial charge in [-0.1, -0.05) is 41.4 Å². The van der Waals surface area contributed by atoms with Gasteiger partial charge in [0.15, 0.2) is 0 Å². The van der Waals surface area contributed by atoms with Crippen molar-refractivity contribution in [3.8, 4) is 0 Å². The minimum absolute atomic E-state index is 0.205. The van der Waals surface area contributed by atoms with Gasteiger partial charge in [0.2, 0.25) is 5.91 Å². The first kappa shape index (κ1) is 21.9. The highest BCUT2D eigenvalue weighted by Crippen LogP contribution is 2.29. The zero-order valence-corrected chi connectivity index (χ0v) is 19.2. The molecule has 2 aromatic carbocycles. The summed E-state index contributed by atoms with van der Waals surface area (Å²) in [5.41, 5.74) is 3.67. The second kappa shape index (κ2) is 9.14. The minimum atomic E-state index is -0.667. The maximum Gasteiger partial charge on any atom is 0.249 e. The number of carbonyl (C=O) groups is 1. The molecule has 6 nitrogen and oxygen atoms in total. The molecule has 2 N–H and O–H groups in total. The summed E-state index contributed by atoms with van der Waals surface area (Å²) in [6.45, 7) is 1.34. The Morgan fingerprint density at radius 2 is 1.97 bits per heavy atom. The molecule has 3 aromatic rings. The summed E-state index contributed by atoms with van der Waals surface area (Å²) < 4.78 is 0. The van der Waals surface area contributed by atoms with E-state index in [2.05, 4.69) is 15.2 Å². The standard InChI is InChI=1S/C25H22Cl2N4O2/c26-17-6-7-21-19(12-17)24(16-5-8-23(28-13-16)31-10-9-18(32)14-31)29-22(25(33)30-21)11-15-3-1-2-4-20(15)27/h1-8,12-13,18,22,32H,9-11,14H2,(H,30,33)/t18-,22?/m1/s1. The fourth-order valence-electron chi connectivity index (χ4n) is 4.23. The summed E-state index contributed by atoms with van der Waals surface area (Å²) in [5, 5.41) is 14.0. The van der Waals surface area contributed by atoms with E-state index in [0.29, 0.717) is 34.4 Å². The van der Waals surface area contributed by atoms with Crippen LogP contribution < -0.4 is 10.2 Å². The van der Waals surface area contributed by atoms with Crippen LogP contribution in [0.4, 0.5) is 11.5 Å². The number of hydrogen-bond donors (Lipinski definition) is 2. The largest absolute Gasteiger partial charge is 0.391 e. The van der Waals surface area contributed by atoms with Crippen LogP contribution >= 0.6 is 23.2 Å². The van der Waals surface area contributed by atoms with Crippen LogP contribution in [0, 0.1) is 0 Å². The molecule has 1 fully saturated rings. The van der Waals surface area contributed by atoms with E-state index in [1.54, 1.807) is 24.4 Å².